The fourth-order valence-electron chi connectivity index (χ4n) is 1.30. The Morgan fingerprint density at radius 2 is 1.54 bits per heavy atom. The van der Waals surface area contributed by atoms with Crippen molar-refractivity contribution < 1.29 is 9.50 Å². The zero-order valence-electron chi connectivity index (χ0n) is 8.48. The Kier molecular flexibility index (Phi) is 2.44. The standard InChI is InChI=1S/C11H15FO/c1-7-5-9(11(3,4)13)6-8(2)10(7)12/h5-6,13H,1-4H3. The van der Waals surface area contributed by atoms with Gasteiger partial charge in [0, 0.05) is 0 Å². The van der Waals surface area contributed by atoms with Crippen LogP contribution in [0.15, 0.2) is 12.1 Å². The van der Waals surface area contributed by atoms with E-state index in [0.717, 1.165) is 5.56 Å². The molecule has 1 aromatic carbocycles. The predicted molar refractivity (Wildman–Crippen MR) is 51.1 cm³/mol. The number of halogens is 1. The molecule has 1 rings (SSSR count). The smallest absolute Gasteiger partial charge is 0.129 e. The van der Waals surface area contributed by atoms with Gasteiger partial charge in [-0.2, -0.15) is 0 Å². The molecule has 0 aromatic heterocycles. The Hall–Kier alpha value is -0.890. The predicted octanol–water partition coefficient (Wildman–Crippen LogP) is 2.67. The summed E-state index contributed by atoms with van der Waals surface area (Å²) >= 11 is 0. The topological polar surface area (TPSA) is 20.2 Å². The molecule has 0 aliphatic heterocycles. The molecule has 0 saturated carbocycles. The van der Waals surface area contributed by atoms with Gasteiger partial charge in [0.1, 0.15) is 5.82 Å². The summed E-state index contributed by atoms with van der Waals surface area (Å²) in [4.78, 5) is 0. The summed E-state index contributed by atoms with van der Waals surface area (Å²) in [6.07, 6.45) is 0. The van der Waals surface area contributed by atoms with Crippen LogP contribution in [0.1, 0.15) is 30.5 Å². The van der Waals surface area contributed by atoms with Crippen molar-refractivity contribution in [1.82, 2.24) is 0 Å². The van der Waals surface area contributed by atoms with Gasteiger partial charge in [-0.3, -0.25) is 0 Å². The Labute approximate surface area is 78.2 Å². The van der Waals surface area contributed by atoms with E-state index in [1.54, 1.807) is 39.8 Å². The summed E-state index contributed by atoms with van der Waals surface area (Å²) in [5.41, 5.74) is 1.02. The van der Waals surface area contributed by atoms with E-state index in [1.807, 2.05) is 0 Å². The summed E-state index contributed by atoms with van der Waals surface area (Å²) in [6.45, 7) is 6.80. The zero-order valence-corrected chi connectivity index (χ0v) is 8.48. The third kappa shape index (κ3) is 2.07. The highest BCUT2D eigenvalue weighted by molar-refractivity contribution is 5.33. The molecule has 1 N–H and O–H groups in total. The van der Waals surface area contributed by atoms with Gasteiger partial charge in [-0.1, -0.05) is 12.1 Å². The van der Waals surface area contributed by atoms with Gasteiger partial charge < -0.3 is 5.11 Å². The second-order valence-corrected chi connectivity index (χ2v) is 3.98. The van der Waals surface area contributed by atoms with E-state index in [-0.39, 0.29) is 5.82 Å². The van der Waals surface area contributed by atoms with Crippen molar-refractivity contribution >= 4 is 0 Å². The highest BCUT2D eigenvalue weighted by atomic mass is 19.1. The molecule has 0 aliphatic rings. The Bertz CT molecular complexity index is 300. The second kappa shape index (κ2) is 3.11. The van der Waals surface area contributed by atoms with Crippen molar-refractivity contribution in [1.29, 1.82) is 0 Å². The summed E-state index contributed by atoms with van der Waals surface area (Å²) in [7, 11) is 0. The monoisotopic (exact) mass is 182 g/mol. The van der Waals surface area contributed by atoms with Gasteiger partial charge in [-0.25, -0.2) is 4.39 Å². The third-order valence-corrected chi connectivity index (χ3v) is 2.14. The normalized spacial score (nSPS) is 11.8. The minimum Gasteiger partial charge on any atom is -0.386 e. The van der Waals surface area contributed by atoms with E-state index in [2.05, 4.69) is 0 Å². The molecule has 72 valence electrons. The molecule has 13 heavy (non-hydrogen) atoms. The SMILES string of the molecule is Cc1cc(C(C)(C)O)cc(C)c1F. The summed E-state index contributed by atoms with van der Waals surface area (Å²) < 4.78 is 13.2. The molecule has 0 bridgehead atoms. The lowest BCUT2D eigenvalue weighted by atomic mass is 9.94. The molecule has 0 fully saturated rings. The maximum Gasteiger partial charge on any atom is 0.129 e. The summed E-state index contributed by atoms with van der Waals surface area (Å²) in [5, 5.41) is 9.71. The molecular formula is C11H15FO. The molecular weight excluding hydrogens is 167 g/mol. The van der Waals surface area contributed by atoms with Crippen molar-refractivity contribution in [3.8, 4) is 0 Å². The average molecular weight is 182 g/mol. The van der Waals surface area contributed by atoms with Gasteiger partial charge in [0.15, 0.2) is 0 Å². The molecule has 0 unspecified atom stereocenters. The largest absolute Gasteiger partial charge is 0.386 e. The van der Waals surface area contributed by atoms with Crippen LogP contribution in [0.5, 0.6) is 0 Å². The maximum atomic E-state index is 13.2. The van der Waals surface area contributed by atoms with Crippen molar-refractivity contribution in [2.24, 2.45) is 0 Å². The van der Waals surface area contributed by atoms with E-state index in [1.165, 1.54) is 0 Å². The first-order chi connectivity index (χ1) is 5.82. The Morgan fingerprint density at radius 3 is 1.85 bits per heavy atom. The molecule has 0 aliphatic carbocycles. The number of aliphatic hydroxyl groups is 1. The summed E-state index contributed by atoms with van der Waals surface area (Å²) in [6, 6.07) is 3.37. The minimum atomic E-state index is -0.900. The van der Waals surface area contributed by atoms with Crippen molar-refractivity contribution in [3.05, 3.63) is 34.6 Å². The molecule has 2 heteroatoms. The van der Waals surface area contributed by atoms with E-state index in [4.69, 9.17) is 0 Å². The number of rotatable bonds is 1. The molecule has 1 nitrogen and oxygen atoms in total. The molecule has 0 heterocycles. The second-order valence-electron chi connectivity index (χ2n) is 3.98. The third-order valence-electron chi connectivity index (χ3n) is 2.14. The van der Waals surface area contributed by atoms with Crippen LogP contribution >= 0.6 is 0 Å². The van der Waals surface area contributed by atoms with E-state index in [0.29, 0.717) is 11.1 Å². The number of aryl methyl sites for hydroxylation is 2. The Morgan fingerprint density at radius 1 is 1.15 bits per heavy atom. The van der Waals surface area contributed by atoms with Gasteiger partial charge in [0.05, 0.1) is 5.60 Å². The first kappa shape index (κ1) is 10.2. The molecule has 0 saturated heterocycles. The lowest BCUT2D eigenvalue weighted by Crippen LogP contribution is -2.16. The highest BCUT2D eigenvalue weighted by Crippen LogP contribution is 2.23. The fourth-order valence-corrected chi connectivity index (χ4v) is 1.30. The molecule has 0 atom stereocenters. The van der Waals surface area contributed by atoms with Crippen LogP contribution in [0.3, 0.4) is 0 Å². The van der Waals surface area contributed by atoms with E-state index in [9.17, 15) is 9.50 Å². The van der Waals surface area contributed by atoms with Crippen LogP contribution < -0.4 is 0 Å². The van der Waals surface area contributed by atoms with Gasteiger partial charge in [-0.05, 0) is 44.4 Å². The van der Waals surface area contributed by atoms with Crippen LogP contribution in [-0.4, -0.2) is 5.11 Å². The zero-order chi connectivity index (χ0) is 10.2. The lowest BCUT2D eigenvalue weighted by molar-refractivity contribution is 0.0784. The number of benzene rings is 1. The van der Waals surface area contributed by atoms with Crippen molar-refractivity contribution in [2.45, 2.75) is 33.3 Å². The van der Waals surface area contributed by atoms with Gasteiger partial charge >= 0.3 is 0 Å². The molecule has 1 aromatic rings. The van der Waals surface area contributed by atoms with Crippen LogP contribution in [-0.2, 0) is 5.60 Å². The van der Waals surface area contributed by atoms with Crippen LogP contribution in [0.25, 0.3) is 0 Å². The van der Waals surface area contributed by atoms with Gasteiger partial charge in [0.25, 0.3) is 0 Å². The van der Waals surface area contributed by atoms with E-state index >= 15 is 0 Å². The minimum absolute atomic E-state index is 0.187. The quantitative estimate of drug-likeness (QED) is 0.708. The number of hydrogen-bond acceptors (Lipinski definition) is 1. The summed E-state index contributed by atoms with van der Waals surface area (Å²) in [5.74, 6) is -0.187. The maximum absolute atomic E-state index is 13.2. The first-order valence-electron chi connectivity index (χ1n) is 4.32. The average Bonchev–Trinajstić information content (AvgIpc) is 1.97. The Balaban J connectivity index is 3.29. The number of hydrogen-bond donors (Lipinski definition) is 1. The fraction of sp³-hybridized carbons (Fsp3) is 0.455. The highest BCUT2D eigenvalue weighted by Gasteiger charge is 2.17. The van der Waals surface area contributed by atoms with Crippen LogP contribution in [0.4, 0.5) is 4.39 Å². The lowest BCUT2D eigenvalue weighted by Gasteiger charge is -2.19. The molecule has 0 spiro atoms. The van der Waals surface area contributed by atoms with Gasteiger partial charge in [-0.15, -0.1) is 0 Å². The van der Waals surface area contributed by atoms with Crippen molar-refractivity contribution in [2.75, 3.05) is 0 Å². The van der Waals surface area contributed by atoms with Crippen molar-refractivity contribution in [3.63, 3.8) is 0 Å². The van der Waals surface area contributed by atoms with Crippen LogP contribution in [0, 0.1) is 19.7 Å². The van der Waals surface area contributed by atoms with E-state index < -0.39 is 5.60 Å². The van der Waals surface area contributed by atoms with Gasteiger partial charge in [0.2, 0.25) is 0 Å². The molecule has 0 radical (unpaired) electrons. The first-order valence-corrected chi connectivity index (χ1v) is 4.32. The van der Waals surface area contributed by atoms with Crippen LogP contribution in [0.2, 0.25) is 0 Å². The molecule has 0 amide bonds.